The zero-order chi connectivity index (χ0) is 19.4. The van der Waals surface area contributed by atoms with Crippen LogP contribution in [0.3, 0.4) is 0 Å². The lowest BCUT2D eigenvalue weighted by Gasteiger charge is -2.42. The second-order valence-electron chi connectivity index (χ2n) is 7.31. The summed E-state index contributed by atoms with van der Waals surface area (Å²) in [5, 5.41) is 12.1. The summed E-state index contributed by atoms with van der Waals surface area (Å²) in [5.41, 5.74) is 2.45. The minimum atomic E-state index is -0.802. The van der Waals surface area contributed by atoms with E-state index in [4.69, 9.17) is 9.84 Å². The summed E-state index contributed by atoms with van der Waals surface area (Å²) in [6.07, 6.45) is 3.25. The van der Waals surface area contributed by atoms with Gasteiger partial charge in [0.15, 0.2) is 0 Å². The second-order valence-corrected chi connectivity index (χ2v) is 7.31. The topological polar surface area (TPSA) is 82.1 Å². The van der Waals surface area contributed by atoms with Crippen LogP contribution in [0.25, 0.3) is 0 Å². The number of ether oxygens (including phenoxy) is 1. The fraction of sp³-hybridized carbons (Fsp3) is 0.600. The number of benzene rings is 1. The van der Waals surface area contributed by atoms with E-state index in [0.717, 1.165) is 31.4 Å². The highest BCUT2D eigenvalue weighted by Gasteiger charge is 2.35. The molecule has 1 heterocycles. The number of hydrogen-bond acceptors (Lipinski definition) is 4. The smallest absolute Gasteiger partial charge is 0.317 e. The molecule has 1 aromatic carbocycles. The quantitative estimate of drug-likeness (QED) is 0.792. The maximum atomic E-state index is 12.7. The Morgan fingerprint density at radius 2 is 2.04 bits per heavy atom. The van der Waals surface area contributed by atoms with Crippen LogP contribution in [0.4, 0.5) is 4.79 Å². The monoisotopic (exact) mass is 375 g/mol. The molecule has 1 aliphatic heterocycles. The molecule has 2 amide bonds. The van der Waals surface area contributed by atoms with Crippen LogP contribution in [0.15, 0.2) is 18.2 Å². The van der Waals surface area contributed by atoms with Crippen molar-refractivity contribution in [3.63, 3.8) is 0 Å². The van der Waals surface area contributed by atoms with Gasteiger partial charge in [0, 0.05) is 25.2 Å². The highest BCUT2D eigenvalue weighted by Crippen LogP contribution is 2.27. The molecule has 1 fully saturated rings. The molecule has 7 heteroatoms. The Labute approximate surface area is 160 Å². The first-order valence-corrected chi connectivity index (χ1v) is 9.67. The van der Waals surface area contributed by atoms with Crippen LogP contribution in [0.1, 0.15) is 30.9 Å². The van der Waals surface area contributed by atoms with E-state index in [1.54, 1.807) is 7.11 Å². The van der Waals surface area contributed by atoms with E-state index in [-0.39, 0.29) is 24.7 Å². The van der Waals surface area contributed by atoms with Crippen LogP contribution in [-0.2, 0) is 17.6 Å². The van der Waals surface area contributed by atoms with Crippen molar-refractivity contribution < 1.29 is 19.4 Å². The summed E-state index contributed by atoms with van der Waals surface area (Å²) >= 11 is 0. The lowest BCUT2D eigenvalue weighted by atomic mass is 9.85. The Morgan fingerprint density at radius 3 is 2.70 bits per heavy atom. The number of carboxylic acid groups (broad SMARTS) is 1. The summed E-state index contributed by atoms with van der Waals surface area (Å²) in [5.74, 6) is 0.0959. The number of carbonyl (C=O) groups is 2. The number of carboxylic acids is 1. The third-order valence-corrected chi connectivity index (χ3v) is 5.72. The van der Waals surface area contributed by atoms with E-state index in [0.29, 0.717) is 19.6 Å². The van der Waals surface area contributed by atoms with Crippen molar-refractivity contribution in [1.82, 2.24) is 15.1 Å². The van der Waals surface area contributed by atoms with E-state index in [2.05, 4.69) is 11.4 Å². The van der Waals surface area contributed by atoms with E-state index in [9.17, 15) is 9.59 Å². The molecule has 2 N–H and O–H groups in total. The molecule has 0 atom stereocenters. The lowest BCUT2D eigenvalue weighted by Crippen LogP contribution is -2.57. The fourth-order valence-electron chi connectivity index (χ4n) is 4.08. The van der Waals surface area contributed by atoms with Gasteiger partial charge in [0.2, 0.25) is 0 Å². The average Bonchev–Trinajstić information content (AvgIpc) is 2.85. The molecule has 2 aliphatic rings. The van der Waals surface area contributed by atoms with Crippen LogP contribution in [0.2, 0.25) is 0 Å². The molecule has 0 unspecified atom stereocenters. The molecule has 0 radical (unpaired) electrons. The van der Waals surface area contributed by atoms with Gasteiger partial charge in [-0.05, 0) is 49.4 Å². The van der Waals surface area contributed by atoms with Crippen LogP contribution in [0.5, 0.6) is 5.75 Å². The van der Waals surface area contributed by atoms with Gasteiger partial charge in [-0.1, -0.05) is 19.1 Å². The Balaban J connectivity index is 1.50. The second kappa shape index (κ2) is 8.61. The van der Waals surface area contributed by atoms with Gasteiger partial charge in [0.25, 0.3) is 0 Å². The van der Waals surface area contributed by atoms with Crippen molar-refractivity contribution in [1.29, 1.82) is 0 Å². The van der Waals surface area contributed by atoms with Gasteiger partial charge in [0.1, 0.15) is 5.75 Å². The minimum absolute atomic E-state index is 0.0218. The number of fused-ring (bicyclic) bond motifs is 1. The van der Waals surface area contributed by atoms with Gasteiger partial charge in [-0.25, -0.2) is 4.79 Å². The Morgan fingerprint density at radius 1 is 1.30 bits per heavy atom. The first-order valence-electron chi connectivity index (χ1n) is 9.67. The number of nitrogens with one attached hydrogen (secondary N) is 1. The molecule has 1 aliphatic carbocycles. The molecule has 0 bridgehead atoms. The third kappa shape index (κ3) is 4.53. The van der Waals surface area contributed by atoms with Crippen LogP contribution < -0.4 is 10.1 Å². The van der Waals surface area contributed by atoms with Crippen molar-refractivity contribution in [2.75, 3.05) is 33.3 Å². The molecule has 148 valence electrons. The first kappa shape index (κ1) is 19.5. The van der Waals surface area contributed by atoms with Gasteiger partial charge in [0.05, 0.1) is 13.7 Å². The number of rotatable bonds is 6. The number of methoxy groups -OCH3 is 1. The summed E-state index contributed by atoms with van der Waals surface area (Å²) < 4.78 is 5.46. The SMILES string of the molecule is CCN(CC(=O)O)C1CC(NC(=O)N2CCc3cccc(OC)c3CC2)C1. The molecule has 1 saturated carbocycles. The summed E-state index contributed by atoms with van der Waals surface area (Å²) in [6, 6.07) is 6.43. The Kier molecular flexibility index (Phi) is 6.21. The molecule has 3 rings (SSSR count). The van der Waals surface area contributed by atoms with Crippen LogP contribution in [-0.4, -0.2) is 72.3 Å². The van der Waals surface area contributed by atoms with E-state index >= 15 is 0 Å². The third-order valence-electron chi connectivity index (χ3n) is 5.72. The summed E-state index contributed by atoms with van der Waals surface area (Å²) in [6.45, 7) is 4.12. The van der Waals surface area contributed by atoms with Crippen molar-refractivity contribution in [3.8, 4) is 5.75 Å². The molecule has 1 aromatic rings. The Hall–Kier alpha value is -2.28. The number of hydrogen-bond donors (Lipinski definition) is 2. The molecule has 0 saturated heterocycles. The number of amides is 2. The van der Waals surface area contributed by atoms with Crippen molar-refractivity contribution in [3.05, 3.63) is 29.3 Å². The highest BCUT2D eigenvalue weighted by molar-refractivity contribution is 5.75. The van der Waals surface area contributed by atoms with Crippen molar-refractivity contribution in [2.45, 2.75) is 44.7 Å². The highest BCUT2D eigenvalue weighted by atomic mass is 16.5. The van der Waals surface area contributed by atoms with Crippen LogP contribution in [0, 0.1) is 0 Å². The van der Waals surface area contributed by atoms with Gasteiger partial charge in [-0.2, -0.15) is 0 Å². The van der Waals surface area contributed by atoms with Crippen molar-refractivity contribution >= 4 is 12.0 Å². The molecule has 0 aromatic heterocycles. The van der Waals surface area contributed by atoms with E-state index < -0.39 is 5.97 Å². The average molecular weight is 375 g/mol. The molecule has 0 spiro atoms. The molecular formula is C20H29N3O4. The zero-order valence-electron chi connectivity index (χ0n) is 16.1. The number of nitrogens with zero attached hydrogens (tertiary/aromatic N) is 2. The predicted molar refractivity (Wildman–Crippen MR) is 102 cm³/mol. The maximum Gasteiger partial charge on any atom is 0.317 e. The van der Waals surface area contributed by atoms with Gasteiger partial charge in [-0.3, -0.25) is 9.69 Å². The normalized spacial score (nSPS) is 21.8. The van der Waals surface area contributed by atoms with Crippen LogP contribution >= 0.6 is 0 Å². The molecule has 27 heavy (non-hydrogen) atoms. The van der Waals surface area contributed by atoms with Gasteiger partial charge in [-0.15, -0.1) is 0 Å². The van der Waals surface area contributed by atoms with Gasteiger partial charge < -0.3 is 20.1 Å². The largest absolute Gasteiger partial charge is 0.496 e. The molecule has 7 nitrogen and oxygen atoms in total. The molecular weight excluding hydrogens is 346 g/mol. The lowest BCUT2D eigenvalue weighted by molar-refractivity contribution is -0.139. The summed E-state index contributed by atoms with van der Waals surface area (Å²) in [7, 11) is 1.68. The van der Waals surface area contributed by atoms with Crippen molar-refractivity contribution in [2.24, 2.45) is 0 Å². The first-order chi connectivity index (χ1) is 13.0. The number of urea groups is 1. The van der Waals surface area contributed by atoms with E-state index in [1.165, 1.54) is 11.1 Å². The fourth-order valence-corrected chi connectivity index (χ4v) is 4.08. The maximum absolute atomic E-state index is 12.7. The minimum Gasteiger partial charge on any atom is -0.496 e. The predicted octanol–water partition coefficient (Wildman–Crippen LogP) is 1.74. The number of carbonyl (C=O) groups excluding carboxylic acids is 1. The standard InChI is InChI=1S/C20H29N3O4/c1-3-22(13-19(24)25)16-11-15(12-16)21-20(26)23-9-7-14-5-4-6-18(27-2)17(14)8-10-23/h4-6,15-16H,3,7-13H2,1-2H3,(H,21,26)(H,24,25). The number of likely N-dealkylation sites (N-methyl/N-ethyl adjacent to an activating group) is 1. The zero-order valence-corrected chi connectivity index (χ0v) is 16.1. The summed E-state index contributed by atoms with van der Waals surface area (Å²) in [4.78, 5) is 27.4. The van der Waals surface area contributed by atoms with E-state index in [1.807, 2.05) is 28.9 Å². The number of aliphatic carboxylic acids is 1. The Bertz CT molecular complexity index is 688. The van der Waals surface area contributed by atoms with Gasteiger partial charge >= 0.3 is 12.0 Å².